The number of ether oxygens (including phenoxy) is 1. The summed E-state index contributed by atoms with van der Waals surface area (Å²) in [5.74, 6) is 1.19. The number of carbonyl (C=O) groups excluding carboxylic acids is 1. The maximum absolute atomic E-state index is 12.5. The van der Waals surface area contributed by atoms with Gasteiger partial charge in [0.1, 0.15) is 5.75 Å². The molecule has 2 aromatic rings. The van der Waals surface area contributed by atoms with Crippen LogP contribution in [0.4, 0.5) is 0 Å². The van der Waals surface area contributed by atoms with Gasteiger partial charge in [0.25, 0.3) is 5.91 Å². The topological polar surface area (TPSA) is 65.4 Å². The van der Waals surface area contributed by atoms with Crippen molar-refractivity contribution in [1.29, 1.82) is 5.26 Å². The third-order valence-electron chi connectivity index (χ3n) is 4.96. The van der Waals surface area contributed by atoms with Crippen LogP contribution in [0.5, 0.6) is 10.8 Å². The molecule has 0 spiro atoms. The van der Waals surface area contributed by atoms with Crippen molar-refractivity contribution in [3.8, 4) is 16.9 Å². The predicted octanol–water partition coefficient (Wildman–Crippen LogP) is 3.24. The van der Waals surface area contributed by atoms with Crippen LogP contribution in [-0.2, 0) is 0 Å². The Hall–Kier alpha value is -2.36. The van der Waals surface area contributed by atoms with E-state index in [4.69, 9.17) is 10.00 Å². The smallest absolute Gasteiger partial charge is 0.261 e. The second-order valence-electron chi connectivity index (χ2n) is 6.58. The van der Waals surface area contributed by atoms with Crippen molar-refractivity contribution in [3.05, 3.63) is 46.8 Å². The van der Waals surface area contributed by atoms with E-state index in [-0.39, 0.29) is 11.9 Å². The molecule has 1 amide bonds. The minimum absolute atomic E-state index is 0.0237. The van der Waals surface area contributed by atoms with E-state index in [0.717, 1.165) is 19.6 Å². The van der Waals surface area contributed by atoms with Crippen LogP contribution in [0.15, 0.2) is 36.4 Å². The molecule has 0 radical (unpaired) electrons. The Kier molecular flexibility index (Phi) is 4.43. The number of hydrogen-bond donors (Lipinski definition) is 1. The largest absolute Gasteiger partial charge is 0.447 e. The lowest BCUT2D eigenvalue weighted by Crippen LogP contribution is -2.57. The number of amides is 1. The highest BCUT2D eigenvalue weighted by atomic mass is 32.1. The van der Waals surface area contributed by atoms with Crippen molar-refractivity contribution in [1.82, 2.24) is 10.2 Å². The van der Waals surface area contributed by atoms with Crippen molar-refractivity contribution < 1.29 is 9.53 Å². The van der Waals surface area contributed by atoms with Gasteiger partial charge in [0.2, 0.25) is 0 Å². The van der Waals surface area contributed by atoms with E-state index in [2.05, 4.69) is 16.3 Å². The zero-order chi connectivity index (χ0) is 17.2. The fraction of sp³-hybridized carbons (Fsp3) is 0.368. The average Bonchev–Trinajstić information content (AvgIpc) is 3.11. The minimum atomic E-state index is -0.0237. The monoisotopic (exact) mass is 353 g/mol. The van der Waals surface area contributed by atoms with E-state index in [1.54, 1.807) is 36.4 Å². The van der Waals surface area contributed by atoms with Crippen LogP contribution >= 0.6 is 11.3 Å². The summed E-state index contributed by atoms with van der Waals surface area (Å²) in [5.41, 5.74) is 0.550. The number of nitriles is 1. The number of thiophene rings is 1. The van der Waals surface area contributed by atoms with Crippen LogP contribution in [0.25, 0.3) is 0 Å². The first-order valence-electron chi connectivity index (χ1n) is 8.52. The molecule has 5 rings (SSSR count). The Bertz CT molecular complexity index is 818. The quantitative estimate of drug-likeness (QED) is 0.916. The Labute approximate surface area is 150 Å². The SMILES string of the molecule is N#Cc1cccc(Oc2ccc(C(=O)NC3CN4CCC3CC4)s2)c1. The first-order valence-corrected chi connectivity index (χ1v) is 9.34. The first-order chi connectivity index (χ1) is 12.2. The van der Waals surface area contributed by atoms with E-state index in [9.17, 15) is 4.79 Å². The normalized spacial score (nSPS) is 24.5. The van der Waals surface area contributed by atoms with Crippen LogP contribution in [-0.4, -0.2) is 36.5 Å². The fourth-order valence-electron chi connectivity index (χ4n) is 3.61. The fourth-order valence-corrected chi connectivity index (χ4v) is 4.39. The second-order valence-corrected chi connectivity index (χ2v) is 7.62. The second kappa shape index (κ2) is 6.87. The zero-order valence-corrected chi connectivity index (χ0v) is 14.6. The zero-order valence-electron chi connectivity index (χ0n) is 13.8. The van der Waals surface area contributed by atoms with Gasteiger partial charge in [0, 0.05) is 12.6 Å². The molecule has 1 atom stereocenters. The van der Waals surface area contributed by atoms with Gasteiger partial charge in [-0.2, -0.15) is 5.26 Å². The van der Waals surface area contributed by atoms with Gasteiger partial charge < -0.3 is 15.0 Å². The molecule has 128 valence electrons. The lowest BCUT2D eigenvalue weighted by atomic mass is 9.84. The molecule has 0 saturated carbocycles. The number of hydrogen-bond acceptors (Lipinski definition) is 5. The highest BCUT2D eigenvalue weighted by molar-refractivity contribution is 7.15. The number of carbonyl (C=O) groups is 1. The van der Waals surface area contributed by atoms with E-state index in [1.807, 2.05) is 0 Å². The maximum Gasteiger partial charge on any atom is 0.261 e. The lowest BCUT2D eigenvalue weighted by Gasteiger charge is -2.44. The van der Waals surface area contributed by atoms with Crippen LogP contribution in [0.1, 0.15) is 28.1 Å². The van der Waals surface area contributed by atoms with Crippen molar-refractivity contribution in [3.63, 3.8) is 0 Å². The van der Waals surface area contributed by atoms with Crippen LogP contribution in [0, 0.1) is 17.2 Å². The number of nitrogens with one attached hydrogen (secondary N) is 1. The number of piperidine rings is 3. The van der Waals surface area contributed by atoms with Gasteiger partial charge in [-0.25, -0.2) is 0 Å². The summed E-state index contributed by atoms with van der Waals surface area (Å²) in [6.07, 6.45) is 2.36. The van der Waals surface area contributed by atoms with Gasteiger partial charge in [0.15, 0.2) is 5.06 Å². The summed E-state index contributed by atoms with van der Waals surface area (Å²) in [6, 6.07) is 12.9. The van der Waals surface area contributed by atoms with Gasteiger partial charge in [0.05, 0.1) is 16.5 Å². The molecule has 25 heavy (non-hydrogen) atoms. The Balaban J connectivity index is 1.40. The third kappa shape index (κ3) is 3.53. The van der Waals surface area contributed by atoms with Crippen molar-refractivity contribution >= 4 is 17.2 Å². The summed E-state index contributed by atoms with van der Waals surface area (Å²) in [5, 5.41) is 12.8. The van der Waals surface area contributed by atoms with Crippen LogP contribution in [0.2, 0.25) is 0 Å². The minimum Gasteiger partial charge on any atom is -0.447 e. The molecule has 1 N–H and O–H groups in total. The predicted molar refractivity (Wildman–Crippen MR) is 96.0 cm³/mol. The molecule has 1 aromatic carbocycles. The molecule has 1 aromatic heterocycles. The summed E-state index contributed by atoms with van der Waals surface area (Å²) in [6.45, 7) is 3.29. The molecule has 0 aliphatic carbocycles. The van der Waals surface area contributed by atoms with Crippen molar-refractivity contribution in [2.75, 3.05) is 19.6 Å². The maximum atomic E-state index is 12.5. The molecule has 1 unspecified atom stereocenters. The molecule has 3 aliphatic rings. The number of rotatable bonds is 4. The molecular weight excluding hydrogens is 334 g/mol. The van der Waals surface area contributed by atoms with Gasteiger partial charge in [-0.3, -0.25) is 4.79 Å². The first kappa shape index (κ1) is 16.1. The van der Waals surface area contributed by atoms with Crippen LogP contribution in [0.3, 0.4) is 0 Å². The molecule has 3 saturated heterocycles. The molecular formula is C19H19N3O2S. The lowest BCUT2D eigenvalue weighted by molar-refractivity contribution is 0.0622. The summed E-state index contributed by atoms with van der Waals surface area (Å²) < 4.78 is 5.77. The highest BCUT2D eigenvalue weighted by Gasteiger charge is 2.35. The van der Waals surface area contributed by atoms with Gasteiger partial charge in [-0.15, -0.1) is 0 Å². The van der Waals surface area contributed by atoms with Crippen molar-refractivity contribution in [2.45, 2.75) is 18.9 Å². The third-order valence-corrected chi connectivity index (χ3v) is 5.92. The molecule has 4 heterocycles. The van der Waals surface area contributed by atoms with Crippen LogP contribution < -0.4 is 10.1 Å². The molecule has 6 heteroatoms. The van der Waals surface area contributed by atoms with E-state index < -0.39 is 0 Å². The Morgan fingerprint density at radius 3 is 2.84 bits per heavy atom. The van der Waals surface area contributed by atoms with E-state index >= 15 is 0 Å². The highest BCUT2D eigenvalue weighted by Crippen LogP contribution is 2.31. The van der Waals surface area contributed by atoms with E-state index in [0.29, 0.717) is 27.2 Å². The van der Waals surface area contributed by atoms with E-state index in [1.165, 1.54) is 24.2 Å². The Morgan fingerprint density at radius 1 is 1.28 bits per heavy atom. The molecule has 3 aliphatic heterocycles. The summed E-state index contributed by atoms with van der Waals surface area (Å²) in [4.78, 5) is 15.6. The van der Waals surface area contributed by atoms with Gasteiger partial charge in [-0.1, -0.05) is 17.4 Å². The number of nitrogens with zero attached hydrogens (tertiary/aromatic N) is 2. The molecule has 2 bridgehead atoms. The standard InChI is InChI=1S/C19H19N3O2S/c20-11-13-2-1-3-15(10-13)24-18-5-4-17(25-18)19(23)21-16-12-22-8-6-14(16)7-9-22/h1-5,10,14,16H,6-9,12H2,(H,21,23). The molecule has 3 fully saturated rings. The average molecular weight is 353 g/mol. The van der Waals surface area contributed by atoms with Gasteiger partial charge in [-0.05, 0) is 62.2 Å². The Morgan fingerprint density at radius 2 is 2.12 bits per heavy atom. The summed E-state index contributed by atoms with van der Waals surface area (Å²) >= 11 is 1.33. The number of fused-ring (bicyclic) bond motifs is 3. The van der Waals surface area contributed by atoms with Crippen molar-refractivity contribution in [2.24, 2.45) is 5.92 Å². The summed E-state index contributed by atoms with van der Waals surface area (Å²) in [7, 11) is 0. The molecule has 5 nitrogen and oxygen atoms in total. The number of benzene rings is 1. The van der Waals surface area contributed by atoms with Gasteiger partial charge >= 0.3 is 0 Å².